The monoisotopic (exact) mass is 294 g/mol. The van der Waals surface area contributed by atoms with E-state index < -0.39 is 0 Å². The van der Waals surface area contributed by atoms with Crippen LogP contribution >= 0.6 is 24.8 Å². The van der Waals surface area contributed by atoms with Crippen molar-refractivity contribution < 1.29 is 4.39 Å². The Hall–Kier alpha value is -1.60. The maximum absolute atomic E-state index is 13.0. The standard InChI is InChI=1S/C12H11FN4S2/c1-7-11(8(2)17(16-7)12(18)19)15-14-10-5-3-4-9(13)6-10/h3-6H,1-2H3,(H,18,19). The molecule has 0 radical (unpaired) electrons. The number of azo groups is 1. The maximum atomic E-state index is 13.0. The normalized spacial score (nSPS) is 11.2. The molecule has 0 amide bonds. The van der Waals surface area contributed by atoms with Gasteiger partial charge in [0.2, 0.25) is 0 Å². The average Bonchev–Trinajstić information content (AvgIpc) is 2.63. The highest BCUT2D eigenvalue weighted by Gasteiger charge is 2.12. The molecule has 1 aromatic carbocycles. The van der Waals surface area contributed by atoms with Gasteiger partial charge >= 0.3 is 0 Å². The van der Waals surface area contributed by atoms with E-state index >= 15 is 0 Å². The first-order valence-electron chi connectivity index (χ1n) is 5.46. The Morgan fingerprint density at radius 2 is 2.11 bits per heavy atom. The van der Waals surface area contributed by atoms with Crippen LogP contribution in [0.5, 0.6) is 0 Å². The molecule has 4 nitrogen and oxygen atoms in total. The fourth-order valence-electron chi connectivity index (χ4n) is 1.61. The first-order chi connectivity index (χ1) is 8.99. The maximum Gasteiger partial charge on any atom is 0.158 e. The van der Waals surface area contributed by atoms with E-state index in [1.807, 2.05) is 6.92 Å². The van der Waals surface area contributed by atoms with E-state index in [0.29, 0.717) is 21.4 Å². The molecule has 0 N–H and O–H groups in total. The van der Waals surface area contributed by atoms with Crippen LogP contribution in [0.25, 0.3) is 0 Å². The highest BCUT2D eigenvalue weighted by molar-refractivity contribution is 8.11. The van der Waals surface area contributed by atoms with E-state index in [1.54, 1.807) is 19.1 Å². The van der Waals surface area contributed by atoms with Gasteiger partial charge in [-0.2, -0.15) is 10.2 Å². The van der Waals surface area contributed by atoms with Crippen molar-refractivity contribution >= 4 is 40.5 Å². The summed E-state index contributed by atoms with van der Waals surface area (Å²) in [5, 5.41) is 12.3. The van der Waals surface area contributed by atoms with E-state index in [4.69, 9.17) is 12.2 Å². The molecule has 1 aromatic heterocycles. The van der Waals surface area contributed by atoms with Gasteiger partial charge in [0.25, 0.3) is 0 Å². The molecular weight excluding hydrogens is 283 g/mol. The first-order valence-corrected chi connectivity index (χ1v) is 6.31. The second kappa shape index (κ2) is 5.58. The number of aryl methyl sites for hydroxylation is 1. The van der Waals surface area contributed by atoms with Gasteiger partial charge < -0.3 is 0 Å². The van der Waals surface area contributed by atoms with Crippen molar-refractivity contribution in [3.63, 3.8) is 0 Å². The van der Waals surface area contributed by atoms with Crippen LogP contribution in [0, 0.1) is 19.7 Å². The number of thiol groups is 1. The van der Waals surface area contributed by atoms with E-state index in [9.17, 15) is 4.39 Å². The lowest BCUT2D eigenvalue weighted by Crippen LogP contribution is -2.05. The molecule has 98 valence electrons. The van der Waals surface area contributed by atoms with Crippen molar-refractivity contribution in [3.8, 4) is 0 Å². The molecule has 2 aromatic rings. The highest BCUT2D eigenvalue weighted by atomic mass is 32.1. The molecule has 7 heteroatoms. The van der Waals surface area contributed by atoms with Crippen LogP contribution in [-0.2, 0) is 0 Å². The van der Waals surface area contributed by atoms with Crippen LogP contribution in [0.15, 0.2) is 34.5 Å². The number of aromatic nitrogens is 2. The minimum absolute atomic E-state index is 0.341. The minimum Gasteiger partial charge on any atom is -0.218 e. The molecule has 19 heavy (non-hydrogen) atoms. The van der Waals surface area contributed by atoms with Gasteiger partial charge in [-0.05, 0) is 26.0 Å². The summed E-state index contributed by atoms with van der Waals surface area (Å²) in [5.74, 6) is -0.350. The number of halogens is 1. The Morgan fingerprint density at radius 3 is 2.68 bits per heavy atom. The second-order valence-electron chi connectivity index (χ2n) is 3.89. The first kappa shape index (κ1) is 13.8. The summed E-state index contributed by atoms with van der Waals surface area (Å²) in [7, 11) is 0. The fraction of sp³-hybridized carbons (Fsp3) is 0.167. The van der Waals surface area contributed by atoms with Crippen molar-refractivity contribution in [2.75, 3.05) is 0 Å². The topological polar surface area (TPSA) is 42.5 Å². The third-order valence-electron chi connectivity index (χ3n) is 2.51. The Labute approximate surface area is 120 Å². The number of hydrogen-bond donors (Lipinski definition) is 1. The van der Waals surface area contributed by atoms with Gasteiger partial charge in [-0.25, -0.2) is 9.07 Å². The average molecular weight is 294 g/mol. The summed E-state index contributed by atoms with van der Waals surface area (Å²) in [5.41, 5.74) is 2.49. The van der Waals surface area contributed by atoms with Crippen LogP contribution in [0.2, 0.25) is 0 Å². The predicted molar refractivity (Wildman–Crippen MR) is 79.3 cm³/mol. The van der Waals surface area contributed by atoms with E-state index in [0.717, 1.165) is 5.69 Å². The highest BCUT2D eigenvalue weighted by Crippen LogP contribution is 2.26. The van der Waals surface area contributed by atoms with Crippen molar-refractivity contribution in [3.05, 3.63) is 41.5 Å². The largest absolute Gasteiger partial charge is 0.218 e. The van der Waals surface area contributed by atoms with Crippen molar-refractivity contribution in [1.29, 1.82) is 0 Å². The van der Waals surface area contributed by atoms with E-state index in [-0.39, 0.29) is 5.82 Å². The molecule has 0 aliphatic rings. The molecule has 0 spiro atoms. The number of thiocarbonyl (C=S) groups is 1. The predicted octanol–water partition coefficient (Wildman–Crippen LogP) is 4.12. The number of benzene rings is 1. The number of rotatable bonds is 2. The summed E-state index contributed by atoms with van der Waals surface area (Å²) >= 11 is 9.04. The molecule has 0 fully saturated rings. The van der Waals surface area contributed by atoms with Crippen LogP contribution < -0.4 is 0 Å². The Balaban J connectivity index is 2.36. The van der Waals surface area contributed by atoms with E-state index in [1.165, 1.54) is 16.8 Å². The Morgan fingerprint density at radius 1 is 1.37 bits per heavy atom. The second-order valence-corrected chi connectivity index (χ2v) is 5.01. The zero-order valence-electron chi connectivity index (χ0n) is 10.3. The third kappa shape index (κ3) is 3.05. The van der Waals surface area contributed by atoms with Gasteiger partial charge in [0.15, 0.2) is 4.32 Å². The molecule has 0 aliphatic heterocycles. The minimum atomic E-state index is -0.350. The van der Waals surface area contributed by atoms with Crippen LogP contribution in [0.3, 0.4) is 0 Å². The molecule has 0 saturated heterocycles. The van der Waals surface area contributed by atoms with Crippen LogP contribution in [-0.4, -0.2) is 14.1 Å². The van der Waals surface area contributed by atoms with Gasteiger partial charge in [-0.15, -0.1) is 17.7 Å². The molecule has 0 atom stereocenters. The summed E-state index contributed by atoms with van der Waals surface area (Å²) in [6, 6.07) is 5.91. The summed E-state index contributed by atoms with van der Waals surface area (Å²) in [6.07, 6.45) is 0. The molecule has 1 heterocycles. The summed E-state index contributed by atoms with van der Waals surface area (Å²) in [4.78, 5) is 0. The molecule has 2 rings (SSSR count). The quantitative estimate of drug-likeness (QED) is 0.514. The van der Waals surface area contributed by atoms with Gasteiger partial charge in [-0.3, -0.25) is 0 Å². The van der Waals surface area contributed by atoms with E-state index in [2.05, 4.69) is 28.0 Å². The molecule has 0 bridgehead atoms. The van der Waals surface area contributed by atoms with Gasteiger partial charge in [0, 0.05) is 6.07 Å². The van der Waals surface area contributed by atoms with Gasteiger partial charge in [-0.1, -0.05) is 18.3 Å². The molecule has 0 saturated carbocycles. The lowest BCUT2D eigenvalue weighted by atomic mass is 10.3. The van der Waals surface area contributed by atoms with Crippen LogP contribution in [0.1, 0.15) is 11.4 Å². The molecular formula is C12H11FN4S2. The number of hydrogen-bond acceptors (Lipinski definition) is 4. The molecule has 0 aliphatic carbocycles. The lowest BCUT2D eigenvalue weighted by molar-refractivity contribution is 0.628. The van der Waals surface area contributed by atoms with Gasteiger partial charge in [0.05, 0.1) is 17.1 Å². The fourth-order valence-corrected chi connectivity index (χ4v) is 1.98. The smallest absolute Gasteiger partial charge is 0.158 e. The van der Waals surface area contributed by atoms with Crippen molar-refractivity contribution in [2.24, 2.45) is 10.2 Å². The summed E-state index contributed by atoms with van der Waals surface area (Å²) in [6.45, 7) is 3.62. The van der Waals surface area contributed by atoms with Crippen LogP contribution in [0.4, 0.5) is 15.8 Å². The summed E-state index contributed by atoms with van der Waals surface area (Å²) < 4.78 is 14.9. The number of nitrogens with zero attached hydrogens (tertiary/aromatic N) is 4. The van der Waals surface area contributed by atoms with Gasteiger partial charge in [0.1, 0.15) is 11.5 Å². The zero-order chi connectivity index (χ0) is 14.0. The SMILES string of the molecule is Cc1nn(C(=S)S)c(C)c1N=Nc1cccc(F)c1. The van der Waals surface area contributed by atoms with Crippen molar-refractivity contribution in [2.45, 2.75) is 13.8 Å². The molecule has 0 unspecified atom stereocenters. The van der Waals surface area contributed by atoms with Crippen molar-refractivity contribution in [1.82, 2.24) is 9.78 Å². The third-order valence-corrected chi connectivity index (χ3v) is 2.87. The Bertz CT molecular complexity index is 664. The lowest BCUT2D eigenvalue weighted by Gasteiger charge is -1.98. The zero-order valence-corrected chi connectivity index (χ0v) is 12.0. The Kier molecular flexibility index (Phi) is 4.06.